The first-order valence-corrected chi connectivity index (χ1v) is 8.89. The van der Waals surface area contributed by atoms with Gasteiger partial charge in [-0.2, -0.15) is 0 Å². The number of carbonyl (C=O) groups excluding carboxylic acids is 1. The molecule has 0 spiro atoms. The zero-order valence-electron chi connectivity index (χ0n) is 14.2. The number of hydrogen-bond donors (Lipinski definition) is 0. The van der Waals surface area contributed by atoms with Crippen molar-refractivity contribution < 1.29 is 4.79 Å². The molecular formula is C21H24N2O. The van der Waals surface area contributed by atoms with Crippen LogP contribution in [0.2, 0.25) is 0 Å². The fourth-order valence-electron chi connectivity index (χ4n) is 4.12. The maximum Gasteiger partial charge on any atom is 0.231 e. The molecule has 0 aromatic heterocycles. The predicted octanol–water partition coefficient (Wildman–Crippen LogP) is 3.49. The zero-order chi connectivity index (χ0) is 16.5. The highest BCUT2D eigenvalue weighted by atomic mass is 16.2. The molecule has 2 aromatic carbocycles. The van der Waals surface area contributed by atoms with Gasteiger partial charge in [0.2, 0.25) is 5.91 Å². The Balaban J connectivity index is 1.45. The molecule has 1 amide bonds. The van der Waals surface area contributed by atoms with Gasteiger partial charge in [0.25, 0.3) is 0 Å². The van der Waals surface area contributed by atoms with E-state index in [9.17, 15) is 4.79 Å². The van der Waals surface area contributed by atoms with Gasteiger partial charge in [-0.15, -0.1) is 0 Å². The molecule has 2 aromatic rings. The van der Waals surface area contributed by atoms with Crippen molar-refractivity contribution in [2.45, 2.75) is 32.4 Å². The van der Waals surface area contributed by atoms with E-state index in [1.165, 1.54) is 11.1 Å². The molecular weight excluding hydrogens is 296 g/mol. The van der Waals surface area contributed by atoms with Crippen LogP contribution in [0.1, 0.15) is 24.5 Å². The lowest BCUT2D eigenvalue weighted by atomic mass is 10.1. The van der Waals surface area contributed by atoms with E-state index in [2.05, 4.69) is 54.3 Å². The minimum atomic E-state index is 0.127. The third-order valence-electron chi connectivity index (χ3n) is 5.32. The molecule has 4 rings (SSSR count). The largest absolute Gasteiger partial charge is 0.309 e. The molecule has 1 fully saturated rings. The Morgan fingerprint density at radius 1 is 1.08 bits per heavy atom. The molecule has 2 aliphatic heterocycles. The van der Waals surface area contributed by atoms with Crippen LogP contribution in [0, 0.1) is 5.92 Å². The van der Waals surface area contributed by atoms with Crippen molar-refractivity contribution in [3.63, 3.8) is 0 Å². The summed E-state index contributed by atoms with van der Waals surface area (Å²) in [6.45, 7) is 4.99. The molecule has 3 heteroatoms. The second-order valence-electron chi connectivity index (χ2n) is 7.10. The topological polar surface area (TPSA) is 23.6 Å². The minimum absolute atomic E-state index is 0.127. The van der Waals surface area contributed by atoms with Crippen LogP contribution < -0.4 is 4.90 Å². The number of anilines is 1. The van der Waals surface area contributed by atoms with Crippen molar-refractivity contribution in [1.29, 1.82) is 0 Å². The Hall–Kier alpha value is -2.13. The van der Waals surface area contributed by atoms with Crippen molar-refractivity contribution in [3.05, 3.63) is 65.7 Å². The molecule has 0 radical (unpaired) electrons. The molecule has 2 unspecified atom stereocenters. The highest BCUT2D eigenvalue weighted by molar-refractivity contribution is 5.98. The third kappa shape index (κ3) is 2.84. The molecule has 3 nitrogen and oxygen atoms in total. The average Bonchev–Trinajstić information content (AvgIpc) is 3.19. The van der Waals surface area contributed by atoms with Crippen LogP contribution in [0.15, 0.2) is 54.6 Å². The van der Waals surface area contributed by atoms with Gasteiger partial charge in [0.1, 0.15) is 0 Å². The van der Waals surface area contributed by atoms with Crippen LogP contribution >= 0.6 is 0 Å². The summed E-state index contributed by atoms with van der Waals surface area (Å²) in [5.74, 6) is 0.435. The van der Waals surface area contributed by atoms with Crippen LogP contribution in [0.25, 0.3) is 0 Å². The van der Waals surface area contributed by atoms with E-state index in [-0.39, 0.29) is 12.0 Å². The Morgan fingerprint density at radius 2 is 1.83 bits per heavy atom. The molecule has 2 aliphatic rings. The summed E-state index contributed by atoms with van der Waals surface area (Å²) in [4.78, 5) is 17.6. The number of carbonyl (C=O) groups is 1. The van der Waals surface area contributed by atoms with Gasteiger partial charge in [0.05, 0.1) is 5.92 Å². The van der Waals surface area contributed by atoms with Gasteiger partial charge in [-0.1, -0.05) is 48.5 Å². The normalized spacial score (nSPS) is 23.5. The van der Waals surface area contributed by atoms with Crippen molar-refractivity contribution in [2.75, 3.05) is 18.0 Å². The molecule has 24 heavy (non-hydrogen) atoms. The van der Waals surface area contributed by atoms with Crippen LogP contribution in [0.3, 0.4) is 0 Å². The molecule has 0 bridgehead atoms. The lowest BCUT2D eigenvalue weighted by molar-refractivity contribution is -0.122. The van der Waals surface area contributed by atoms with E-state index in [0.29, 0.717) is 5.91 Å². The van der Waals surface area contributed by atoms with Gasteiger partial charge >= 0.3 is 0 Å². The number of fused-ring (bicyclic) bond motifs is 1. The summed E-state index contributed by atoms with van der Waals surface area (Å²) in [7, 11) is 0. The standard InChI is InChI=1S/C21H24N2O/c1-16-13-18-9-5-6-10-20(18)23(16)21(24)19-11-12-22(15-19)14-17-7-3-2-4-8-17/h2-10,16,19H,11-15H2,1H3. The average molecular weight is 320 g/mol. The number of para-hydroxylation sites is 1. The van der Waals surface area contributed by atoms with Crippen molar-refractivity contribution in [3.8, 4) is 0 Å². The Labute approximate surface area is 143 Å². The van der Waals surface area contributed by atoms with Crippen molar-refractivity contribution in [1.82, 2.24) is 4.90 Å². The summed E-state index contributed by atoms with van der Waals surface area (Å²) >= 11 is 0. The van der Waals surface area contributed by atoms with Crippen molar-refractivity contribution >= 4 is 11.6 Å². The Morgan fingerprint density at radius 3 is 2.67 bits per heavy atom. The summed E-state index contributed by atoms with van der Waals surface area (Å²) < 4.78 is 0. The monoisotopic (exact) mass is 320 g/mol. The van der Waals surface area contributed by atoms with Crippen molar-refractivity contribution in [2.24, 2.45) is 5.92 Å². The first kappa shape index (κ1) is 15.4. The molecule has 2 heterocycles. The Bertz CT molecular complexity index is 728. The summed E-state index contributed by atoms with van der Waals surface area (Å²) in [6.07, 6.45) is 1.94. The fraction of sp³-hybridized carbons (Fsp3) is 0.381. The van der Waals surface area contributed by atoms with Crippen LogP contribution in [-0.2, 0) is 17.8 Å². The van der Waals surface area contributed by atoms with Gasteiger partial charge in [-0.05, 0) is 43.5 Å². The zero-order valence-corrected chi connectivity index (χ0v) is 14.2. The minimum Gasteiger partial charge on any atom is -0.309 e. The van der Waals surface area contributed by atoms with E-state index in [1.807, 2.05) is 17.0 Å². The Kier molecular flexibility index (Phi) is 4.11. The van der Waals surface area contributed by atoms with E-state index >= 15 is 0 Å². The SMILES string of the molecule is CC1Cc2ccccc2N1C(=O)C1CCN(Cc2ccccc2)C1. The number of rotatable bonds is 3. The van der Waals surface area contributed by atoms with Crippen LogP contribution in [0.4, 0.5) is 5.69 Å². The van der Waals surface area contributed by atoms with Gasteiger partial charge in [-0.3, -0.25) is 9.69 Å². The van der Waals surface area contributed by atoms with Crippen LogP contribution in [0.5, 0.6) is 0 Å². The maximum atomic E-state index is 13.1. The first-order chi connectivity index (χ1) is 11.7. The van der Waals surface area contributed by atoms with E-state index in [0.717, 1.165) is 38.2 Å². The molecule has 124 valence electrons. The van der Waals surface area contributed by atoms with E-state index < -0.39 is 0 Å². The van der Waals surface area contributed by atoms with Gasteiger partial charge < -0.3 is 4.90 Å². The van der Waals surface area contributed by atoms with Gasteiger partial charge in [0.15, 0.2) is 0 Å². The quantitative estimate of drug-likeness (QED) is 0.864. The molecule has 0 aliphatic carbocycles. The van der Waals surface area contributed by atoms with E-state index in [1.54, 1.807) is 0 Å². The third-order valence-corrected chi connectivity index (χ3v) is 5.32. The maximum absolute atomic E-state index is 13.1. The fourth-order valence-corrected chi connectivity index (χ4v) is 4.12. The number of likely N-dealkylation sites (tertiary alicyclic amines) is 1. The second-order valence-corrected chi connectivity index (χ2v) is 7.10. The number of benzene rings is 2. The highest BCUT2D eigenvalue weighted by Gasteiger charge is 2.37. The van der Waals surface area contributed by atoms with Gasteiger partial charge in [0, 0.05) is 24.8 Å². The van der Waals surface area contributed by atoms with Gasteiger partial charge in [-0.25, -0.2) is 0 Å². The summed E-state index contributed by atoms with van der Waals surface area (Å²) in [6, 6.07) is 19.1. The molecule has 1 saturated heterocycles. The predicted molar refractivity (Wildman–Crippen MR) is 96.9 cm³/mol. The molecule has 0 saturated carbocycles. The lowest BCUT2D eigenvalue weighted by Gasteiger charge is -2.26. The smallest absolute Gasteiger partial charge is 0.231 e. The number of nitrogens with zero attached hydrogens (tertiary/aromatic N) is 2. The lowest BCUT2D eigenvalue weighted by Crippen LogP contribution is -2.41. The summed E-state index contributed by atoms with van der Waals surface area (Å²) in [5, 5.41) is 0. The van der Waals surface area contributed by atoms with E-state index in [4.69, 9.17) is 0 Å². The highest BCUT2D eigenvalue weighted by Crippen LogP contribution is 2.34. The number of hydrogen-bond acceptors (Lipinski definition) is 2. The molecule has 2 atom stereocenters. The number of amides is 1. The molecule has 0 N–H and O–H groups in total. The summed E-state index contributed by atoms with van der Waals surface area (Å²) in [5.41, 5.74) is 3.75. The second kappa shape index (κ2) is 6.40. The van der Waals surface area contributed by atoms with Crippen LogP contribution in [-0.4, -0.2) is 29.9 Å². The first-order valence-electron chi connectivity index (χ1n) is 8.89.